The molecule has 0 saturated carbocycles. The summed E-state index contributed by atoms with van der Waals surface area (Å²) >= 11 is 0. The molecule has 0 radical (unpaired) electrons. The van der Waals surface area contributed by atoms with Gasteiger partial charge in [0.2, 0.25) is 0 Å². The lowest BCUT2D eigenvalue weighted by Crippen LogP contribution is -2.10. The molecule has 1 rings (SSSR count). The average Bonchev–Trinajstić information content (AvgIpc) is 2.42. The van der Waals surface area contributed by atoms with E-state index in [9.17, 15) is 0 Å². The Hall–Kier alpha value is -0.300. The molecule has 1 nitrogen and oxygen atoms in total. The molecule has 0 aromatic carbocycles. The lowest BCUT2D eigenvalue weighted by Gasteiger charge is -2.16. The molecule has 0 bridgehead atoms. The summed E-state index contributed by atoms with van der Waals surface area (Å²) in [6, 6.07) is 0. The summed E-state index contributed by atoms with van der Waals surface area (Å²) in [5.41, 5.74) is 0. The van der Waals surface area contributed by atoms with Crippen LogP contribution in [0.2, 0.25) is 0 Å². The highest BCUT2D eigenvalue weighted by Crippen LogP contribution is 2.17. The first kappa shape index (κ1) is 15.8. The van der Waals surface area contributed by atoms with Gasteiger partial charge < -0.3 is 4.74 Å². The van der Waals surface area contributed by atoms with E-state index >= 15 is 0 Å². The van der Waals surface area contributed by atoms with Crippen LogP contribution in [0.4, 0.5) is 0 Å². The average molecular weight is 252 g/mol. The van der Waals surface area contributed by atoms with Gasteiger partial charge in [0.25, 0.3) is 0 Å². The summed E-state index contributed by atoms with van der Waals surface area (Å²) in [6.07, 6.45) is 19.7. The van der Waals surface area contributed by atoms with Gasteiger partial charge in [0.15, 0.2) is 0 Å². The largest absolute Gasteiger partial charge is 0.381 e. The number of hydrogen-bond donors (Lipinski definition) is 0. The normalized spacial score (nSPS) is 19.3. The van der Waals surface area contributed by atoms with Crippen LogP contribution in [0.5, 0.6) is 0 Å². The Labute approximate surface area is 114 Å². The van der Waals surface area contributed by atoms with Gasteiger partial charge in [-0.15, -0.1) is 0 Å². The second-order valence-corrected chi connectivity index (χ2v) is 5.67. The van der Waals surface area contributed by atoms with Crippen LogP contribution in [0.3, 0.4) is 0 Å². The predicted molar refractivity (Wildman–Crippen MR) is 79.9 cm³/mol. The summed E-state index contributed by atoms with van der Waals surface area (Å²) in [6.45, 7) is 4.20. The molecule has 0 fully saturated rings. The standard InChI is InChI=1S/C17H32O/c1-2-3-4-5-6-7-8-12-15-18-16-17-13-10-9-11-14-17/h10,13,17H,2-9,11-12,14-16H2,1H3. The van der Waals surface area contributed by atoms with Crippen LogP contribution in [-0.4, -0.2) is 13.2 Å². The molecule has 0 aromatic heterocycles. The Morgan fingerprint density at radius 2 is 1.72 bits per heavy atom. The van der Waals surface area contributed by atoms with Crippen molar-refractivity contribution in [2.45, 2.75) is 77.6 Å². The fourth-order valence-electron chi connectivity index (χ4n) is 2.59. The zero-order chi connectivity index (χ0) is 12.9. The lowest BCUT2D eigenvalue weighted by atomic mass is 9.97. The first-order valence-corrected chi connectivity index (χ1v) is 8.18. The van der Waals surface area contributed by atoms with Gasteiger partial charge in [-0.25, -0.2) is 0 Å². The van der Waals surface area contributed by atoms with Crippen molar-refractivity contribution in [2.24, 2.45) is 5.92 Å². The third-order valence-electron chi connectivity index (χ3n) is 3.83. The van der Waals surface area contributed by atoms with Crippen molar-refractivity contribution in [3.8, 4) is 0 Å². The minimum atomic E-state index is 0.702. The Bertz CT molecular complexity index is 198. The van der Waals surface area contributed by atoms with Gasteiger partial charge in [-0.05, 0) is 25.7 Å². The molecule has 0 aliphatic heterocycles. The lowest BCUT2D eigenvalue weighted by molar-refractivity contribution is 0.105. The van der Waals surface area contributed by atoms with E-state index in [2.05, 4.69) is 19.1 Å². The van der Waals surface area contributed by atoms with E-state index in [-0.39, 0.29) is 0 Å². The Kier molecular flexibility index (Phi) is 10.3. The smallest absolute Gasteiger partial charge is 0.0528 e. The number of unbranched alkanes of at least 4 members (excludes halogenated alkanes) is 7. The fourth-order valence-corrected chi connectivity index (χ4v) is 2.59. The molecule has 1 aliphatic carbocycles. The molecule has 0 N–H and O–H groups in total. The molecule has 0 spiro atoms. The monoisotopic (exact) mass is 252 g/mol. The van der Waals surface area contributed by atoms with Crippen molar-refractivity contribution in [3.63, 3.8) is 0 Å². The van der Waals surface area contributed by atoms with Gasteiger partial charge >= 0.3 is 0 Å². The molecule has 0 aromatic rings. The van der Waals surface area contributed by atoms with Gasteiger partial charge in [-0.2, -0.15) is 0 Å². The van der Waals surface area contributed by atoms with Crippen LogP contribution in [0.15, 0.2) is 12.2 Å². The van der Waals surface area contributed by atoms with Crippen LogP contribution in [0, 0.1) is 5.92 Å². The summed E-state index contributed by atoms with van der Waals surface area (Å²) in [5, 5.41) is 0. The van der Waals surface area contributed by atoms with E-state index in [4.69, 9.17) is 4.74 Å². The summed E-state index contributed by atoms with van der Waals surface area (Å²) in [7, 11) is 0. The van der Waals surface area contributed by atoms with Gasteiger partial charge in [0, 0.05) is 12.5 Å². The molecule has 1 aliphatic rings. The topological polar surface area (TPSA) is 9.23 Å². The fraction of sp³-hybridized carbons (Fsp3) is 0.882. The molecule has 106 valence electrons. The molecule has 1 atom stereocenters. The van der Waals surface area contributed by atoms with E-state index in [1.54, 1.807) is 0 Å². The van der Waals surface area contributed by atoms with Gasteiger partial charge in [-0.1, -0.05) is 64.0 Å². The highest BCUT2D eigenvalue weighted by molar-refractivity contribution is 4.92. The van der Waals surface area contributed by atoms with E-state index in [1.807, 2.05) is 0 Å². The maximum absolute atomic E-state index is 5.77. The van der Waals surface area contributed by atoms with Gasteiger partial charge in [0.1, 0.15) is 0 Å². The van der Waals surface area contributed by atoms with Crippen molar-refractivity contribution in [3.05, 3.63) is 12.2 Å². The van der Waals surface area contributed by atoms with Crippen molar-refractivity contribution in [2.75, 3.05) is 13.2 Å². The van der Waals surface area contributed by atoms with Crippen LogP contribution in [0.1, 0.15) is 77.6 Å². The van der Waals surface area contributed by atoms with Crippen molar-refractivity contribution < 1.29 is 4.74 Å². The zero-order valence-electron chi connectivity index (χ0n) is 12.3. The second kappa shape index (κ2) is 11.8. The van der Waals surface area contributed by atoms with E-state index in [0.29, 0.717) is 5.92 Å². The quantitative estimate of drug-likeness (QED) is 0.348. The third-order valence-corrected chi connectivity index (χ3v) is 3.83. The van der Waals surface area contributed by atoms with Crippen molar-refractivity contribution in [1.82, 2.24) is 0 Å². The van der Waals surface area contributed by atoms with Gasteiger partial charge in [0.05, 0.1) is 6.61 Å². The minimum Gasteiger partial charge on any atom is -0.381 e. The first-order chi connectivity index (χ1) is 8.93. The maximum Gasteiger partial charge on any atom is 0.0528 e. The molecule has 0 saturated heterocycles. The summed E-state index contributed by atoms with van der Waals surface area (Å²) in [4.78, 5) is 0. The molecule has 0 amide bonds. The predicted octanol–water partition coefficient (Wildman–Crippen LogP) is 5.50. The Morgan fingerprint density at radius 1 is 1.00 bits per heavy atom. The highest BCUT2D eigenvalue weighted by atomic mass is 16.5. The number of allylic oxidation sites excluding steroid dienone is 1. The molecular formula is C17H32O. The minimum absolute atomic E-state index is 0.702. The first-order valence-electron chi connectivity index (χ1n) is 8.18. The van der Waals surface area contributed by atoms with Crippen molar-refractivity contribution in [1.29, 1.82) is 0 Å². The molecule has 1 heteroatoms. The van der Waals surface area contributed by atoms with E-state index in [1.165, 1.54) is 70.6 Å². The Morgan fingerprint density at radius 3 is 2.39 bits per heavy atom. The maximum atomic E-state index is 5.77. The number of ether oxygens (including phenoxy) is 1. The molecule has 0 heterocycles. The molecule has 1 unspecified atom stereocenters. The number of rotatable bonds is 11. The Balaban J connectivity index is 1.75. The molecule has 18 heavy (non-hydrogen) atoms. The van der Waals surface area contributed by atoms with Crippen LogP contribution >= 0.6 is 0 Å². The molecular weight excluding hydrogens is 220 g/mol. The van der Waals surface area contributed by atoms with Crippen LogP contribution in [-0.2, 0) is 4.74 Å². The SMILES string of the molecule is CCCCCCCCCCOCC1C=CCCC1. The second-order valence-electron chi connectivity index (χ2n) is 5.67. The highest BCUT2D eigenvalue weighted by Gasteiger charge is 2.07. The van der Waals surface area contributed by atoms with Crippen molar-refractivity contribution >= 4 is 0 Å². The summed E-state index contributed by atoms with van der Waals surface area (Å²) in [5.74, 6) is 0.702. The number of hydrogen-bond acceptors (Lipinski definition) is 1. The third kappa shape index (κ3) is 8.74. The summed E-state index contributed by atoms with van der Waals surface area (Å²) < 4.78 is 5.77. The van der Waals surface area contributed by atoms with E-state index < -0.39 is 0 Å². The van der Waals surface area contributed by atoms with Crippen LogP contribution < -0.4 is 0 Å². The zero-order valence-corrected chi connectivity index (χ0v) is 12.3. The van der Waals surface area contributed by atoms with Crippen LogP contribution in [0.25, 0.3) is 0 Å². The van der Waals surface area contributed by atoms with E-state index in [0.717, 1.165) is 13.2 Å². The van der Waals surface area contributed by atoms with Gasteiger partial charge in [-0.3, -0.25) is 0 Å².